The lowest BCUT2D eigenvalue weighted by atomic mass is 10.3. The fourth-order valence-electron chi connectivity index (χ4n) is 1.25. The number of allylic oxidation sites excluding steroid dienone is 8. The van der Waals surface area contributed by atoms with Gasteiger partial charge in [0, 0.05) is 11.8 Å². The third kappa shape index (κ3) is 5.32. The first-order valence-corrected chi connectivity index (χ1v) is 7.44. The molecule has 0 aliphatic heterocycles. The quantitative estimate of drug-likeness (QED) is 0.505. The molecular formula is C12H13Br3. The zero-order chi connectivity index (χ0) is 11.3. The first-order valence-electron chi connectivity index (χ1n) is 4.73. The minimum atomic E-state index is 0.999. The summed E-state index contributed by atoms with van der Waals surface area (Å²) in [6.45, 7) is 2.13. The van der Waals surface area contributed by atoms with Crippen LogP contribution >= 0.6 is 47.8 Å². The molecule has 15 heavy (non-hydrogen) atoms. The Morgan fingerprint density at radius 1 is 1.00 bits per heavy atom. The molecule has 0 unspecified atom stereocenters. The van der Waals surface area contributed by atoms with E-state index < -0.39 is 0 Å². The molecule has 0 saturated carbocycles. The fraction of sp³-hybridized carbons (Fsp3) is 0.333. The van der Waals surface area contributed by atoms with E-state index in [0.717, 1.165) is 18.2 Å². The first-order chi connectivity index (χ1) is 7.11. The molecule has 0 fully saturated rings. The Kier molecular flexibility index (Phi) is 6.17. The van der Waals surface area contributed by atoms with Gasteiger partial charge in [0.25, 0.3) is 0 Å². The van der Waals surface area contributed by atoms with E-state index in [9.17, 15) is 0 Å². The Hall–Kier alpha value is 0.400. The Balaban J connectivity index is 0.000000151. The normalized spacial score (nSPS) is 18.7. The van der Waals surface area contributed by atoms with E-state index in [1.165, 1.54) is 20.1 Å². The monoisotopic (exact) mass is 394 g/mol. The molecule has 0 amide bonds. The van der Waals surface area contributed by atoms with Gasteiger partial charge in [-0.25, -0.2) is 0 Å². The van der Waals surface area contributed by atoms with Gasteiger partial charge in [0.05, 0.1) is 0 Å². The van der Waals surface area contributed by atoms with Crippen LogP contribution in [0.2, 0.25) is 0 Å². The summed E-state index contributed by atoms with van der Waals surface area (Å²) in [5.74, 6) is 0. The highest BCUT2D eigenvalue weighted by Crippen LogP contribution is 2.24. The minimum Gasteiger partial charge on any atom is -0.0880 e. The summed E-state index contributed by atoms with van der Waals surface area (Å²) < 4.78 is 2.58. The van der Waals surface area contributed by atoms with Gasteiger partial charge in [0.1, 0.15) is 0 Å². The number of hydrogen-bond acceptors (Lipinski definition) is 0. The maximum absolute atomic E-state index is 3.41. The van der Waals surface area contributed by atoms with Crippen LogP contribution in [-0.4, -0.2) is 5.33 Å². The molecule has 3 heteroatoms. The van der Waals surface area contributed by atoms with Crippen molar-refractivity contribution in [1.82, 2.24) is 0 Å². The largest absolute Gasteiger partial charge is 0.0880 e. The third-order valence-electron chi connectivity index (χ3n) is 2.06. The molecule has 0 aromatic heterocycles. The molecule has 2 aliphatic carbocycles. The second kappa shape index (κ2) is 6.87. The maximum atomic E-state index is 3.41. The summed E-state index contributed by atoms with van der Waals surface area (Å²) in [6, 6.07) is 0. The van der Waals surface area contributed by atoms with Gasteiger partial charge in [-0.05, 0) is 22.3 Å². The highest BCUT2D eigenvalue weighted by Gasteiger charge is 2.02. The molecule has 0 aromatic carbocycles. The van der Waals surface area contributed by atoms with Crippen LogP contribution in [0.4, 0.5) is 0 Å². The van der Waals surface area contributed by atoms with Crippen LogP contribution < -0.4 is 0 Å². The lowest BCUT2D eigenvalue weighted by molar-refractivity contribution is 1.24. The summed E-state index contributed by atoms with van der Waals surface area (Å²) in [5, 5.41) is 0.999. The fourth-order valence-corrected chi connectivity index (χ4v) is 2.70. The van der Waals surface area contributed by atoms with E-state index in [4.69, 9.17) is 0 Å². The summed E-state index contributed by atoms with van der Waals surface area (Å²) in [7, 11) is 0. The van der Waals surface area contributed by atoms with Gasteiger partial charge in [0.15, 0.2) is 0 Å². The second-order valence-corrected chi connectivity index (χ2v) is 6.15. The predicted molar refractivity (Wildman–Crippen MR) is 78.9 cm³/mol. The minimum absolute atomic E-state index is 0.999. The van der Waals surface area contributed by atoms with Crippen molar-refractivity contribution in [1.29, 1.82) is 0 Å². The van der Waals surface area contributed by atoms with E-state index in [-0.39, 0.29) is 0 Å². The zero-order valence-electron chi connectivity index (χ0n) is 8.56. The van der Waals surface area contributed by atoms with Crippen molar-refractivity contribution in [2.24, 2.45) is 0 Å². The SMILES string of the molecule is BrCC1=CC=C(Br)C1.CC1=CC=C(Br)C1. The molecule has 2 rings (SSSR count). The molecule has 0 heterocycles. The molecule has 0 bridgehead atoms. The van der Waals surface area contributed by atoms with E-state index in [0.29, 0.717) is 0 Å². The first kappa shape index (κ1) is 13.5. The van der Waals surface area contributed by atoms with Crippen LogP contribution in [0.3, 0.4) is 0 Å². The van der Waals surface area contributed by atoms with Crippen LogP contribution in [0.1, 0.15) is 19.8 Å². The van der Waals surface area contributed by atoms with Gasteiger partial charge in [-0.15, -0.1) is 0 Å². The lowest BCUT2D eigenvalue weighted by Gasteiger charge is -1.91. The van der Waals surface area contributed by atoms with Gasteiger partial charge in [-0.1, -0.05) is 83.2 Å². The Bertz CT molecular complexity index is 330. The number of alkyl halides is 1. The van der Waals surface area contributed by atoms with Crippen molar-refractivity contribution in [3.05, 3.63) is 44.4 Å². The summed E-state index contributed by atoms with van der Waals surface area (Å²) in [5.41, 5.74) is 2.88. The molecule has 0 spiro atoms. The highest BCUT2D eigenvalue weighted by molar-refractivity contribution is 9.12. The topological polar surface area (TPSA) is 0 Å². The van der Waals surface area contributed by atoms with Crippen molar-refractivity contribution in [3.63, 3.8) is 0 Å². The molecule has 0 radical (unpaired) electrons. The average Bonchev–Trinajstić information content (AvgIpc) is 2.76. The van der Waals surface area contributed by atoms with Crippen LogP contribution in [0.5, 0.6) is 0 Å². The van der Waals surface area contributed by atoms with Crippen LogP contribution in [0.25, 0.3) is 0 Å². The molecule has 0 atom stereocenters. The third-order valence-corrected chi connectivity index (χ3v) is 3.87. The lowest BCUT2D eigenvalue weighted by Crippen LogP contribution is -1.76. The van der Waals surface area contributed by atoms with E-state index in [1.807, 2.05) is 0 Å². The van der Waals surface area contributed by atoms with E-state index >= 15 is 0 Å². The predicted octanol–water partition coefficient (Wildman–Crippen LogP) is 5.61. The molecular weight excluding hydrogens is 384 g/mol. The maximum Gasteiger partial charge on any atom is 0.0248 e. The number of hydrogen-bond donors (Lipinski definition) is 0. The second-order valence-electron chi connectivity index (χ2n) is 3.55. The summed E-state index contributed by atoms with van der Waals surface area (Å²) in [6.07, 6.45) is 10.7. The Morgan fingerprint density at radius 3 is 1.80 bits per heavy atom. The summed E-state index contributed by atoms with van der Waals surface area (Å²) >= 11 is 10.2. The van der Waals surface area contributed by atoms with E-state index in [1.54, 1.807) is 0 Å². The van der Waals surface area contributed by atoms with Crippen LogP contribution in [-0.2, 0) is 0 Å². The van der Waals surface area contributed by atoms with Gasteiger partial charge < -0.3 is 0 Å². The molecule has 82 valence electrons. The molecule has 0 aromatic rings. The molecule has 0 saturated heterocycles. The average molecular weight is 397 g/mol. The smallest absolute Gasteiger partial charge is 0.0248 e. The molecule has 2 aliphatic rings. The van der Waals surface area contributed by atoms with Gasteiger partial charge in [-0.2, -0.15) is 0 Å². The van der Waals surface area contributed by atoms with Crippen LogP contribution in [0.15, 0.2) is 44.4 Å². The van der Waals surface area contributed by atoms with Crippen molar-refractivity contribution in [2.75, 3.05) is 5.33 Å². The van der Waals surface area contributed by atoms with Crippen molar-refractivity contribution in [3.8, 4) is 0 Å². The van der Waals surface area contributed by atoms with Gasteiger partial charge in [-0.3, -0.25) is 0 Å². The standard InChI is InChI=1S/C6H6Br2.C6H7Br/c7-4-5-1-2-6(8)3-5;1-5-2-3-6(7)4-5/h1-2H,3-4H2;2-3H,4H2,1H3. The number of rotatable bonds is 1. The van der Waals surface area contributed by atoms with Gasteiger partial charge >= 0.3 is 0 Å². The Morgan fingerprint density at radius 2 is 1.60 bits per heavy atom. The number of halogens is 3. The van der Waals surface area contributed by atoms with E-state index in [2.05, 4.69) is 79.0 Å². The van der Waals surface area contributed by atoms with Crippen molar-refractivity contribution < 1.29 is 0 Å². The molecule has 0 N–H and O–H groups in total. The highest BCUT2D eigenvalue weighted by atomic mass is 79.9. The summed E-state index contributed by atoms with van der Waals surface area (Å²) in [4.78, 5) is 0. The van der Waals surface area contributed by atoms with Crippen LogP contribution in [0, 0.1) is 0 Å². The molecule has 0 nitrogen and oxygen atoms in total. The van der Waals surface area contributed by atoms with Crippen molar-refractivity contribution in [2.45, 2.75) is 19.8 Å². The Labute approximate surface area is 117 Å². The van der Waals surface area contributed by atoms with Crippen molar-refractivity contribution >= 4 is 47.8 Å². The zero-order valence-corrected chi connectivity index (χ0v) is 13.3. The van der Waals surface area contributed by atoms with Gasteiger partial charge in [0.2, 0.25) is 0 Å².